The Morgan fingerprint density at radius 1 is 1.19 bits per heavy atom. The molecular weight excluding hydrogens is 266 g/mol. The highest BCUT2D eigenvalue weighted by molar-refractivity contribution is 5.96. The first-order valence-corrected chi connectivity index (χ1v) is 7.74. The van der Waals surface area contributed by atoms with Crippen molar-refractivity contribution >= 4 is 17.3 Å². The molecule has 3 N–H and O–H groups in total. The van der Waals surface area contributed by atoms with Gasteiger partial charge in [0.1, 0.15) is 0 Å². The van der Waals surface area contributed by atoms with Crippen LogP contribution < -0.4 is 10.6 Å². The minimum atomic E-state index is -0.398. The molecule has 1 fully saturated rings. The Bertz CT molecular complexity index is 532. The molecule has 1 aromatic carbocycles. The Morgan fingerprint density at radius 3 is 2.67 bits per heavy atom. The van der Waals surface area contributed by atoms with E-state index in [1.807, 2.05) is 18.2 Å². The van der Waals surface area contributed by atoms with E-state index in [1.54, 1.807) is 11.9 Å². The number of fused-ring (bicyclic) bond motifs is 1. The topological polar surface area (TPSA) is 64.6 Å². The van der Waals surface area contributed by atoms with Gasteiger partial charge in [-0.2, -0.15) is 0 Å². The van der Waals surface area contributed by atoms with Crippen molar-refractivity contribution in [1.29, 1.82) is 0 Å². The summed E-state index contributed by atoms with van der Waals surface area (Å²) < 4.78 is 0. The van der Waals surface area contributed by atoms with Crippen molar-refractivity contribution in [2.24, 2.45) is 0 Å². The van der Waals surface area contributed by atoms with Crippen LogP contribution in [0.1, 0.15) is 36.0 Å². The maximum atomic E-state index is 12.6. The zero-order valence-corrected chi connectivity index (χ0v) is 12.4. The van der Waals surface area contributed by atoms with Crippen LogP contribution in [-0.2, 0) is 0 Å². The normalized spacial score (nSPS) is 24.5. The molecule has 0 bridgehead atoms. The molecule has 5 heteroatoms. The second kappa shape index (κ2) is 5.93. The van der Waals surface area contributed by atoms with E-state index >= 15 is 0 Å². The van der Waals surface area contributed by atoms with Crippen LogP contribution >= 0.6 is 0 Å². The lowest BCUT2D eigenvalue weighted by Crippen LogP contribution is -2.46. The van der Waals surface area contributed by atoms with E-state index in [1.165, 1.54) is 0 Å². The first-order valence-electron chi connectivity index (χ1n) is 7.74. The molecule has 2 unspecified atom stereocenters. The van der Waals surface area contributed by atoms with E-state index in [2.05, 4.69) is 10.6 Å². The first kappa shape index (κ1) is 14.2. The minimum Gasteiger partial charge on any atom is -0.391 e. The van der Waals surface area contributed by atoms with Crippen LogP contribution in [0.3, 0.4) is 0 Å². The van der Waals surface area contributed by atoms with Gasteiger partial charge >= 0.3 is 0 Å². The van der Waals surface area contributed by atoms with E-state index in [4.69, 9.17) is 0 Å². The van der Waals surface area contributed by atoms with Crippen molar-refractivity contribution in [2.75, 3.05) is 30.8 Å². The third-order valence-electron chi connectivity index (χ3n) is 4.53. The number of hydrogen-bond acceptors (Lipinski definition) is 4. The van der Waals surface area contributed by atoms with Gasteiger partial charge in [0, 0.05) is 25.7 Å². The fraction of sp³-hybridized carbons (Fsp3) is 0.562. The standard InChI is InChI=1S/C16H23N3O2/c1-19(14-4-2-3-5-15(14)20)16(21)11-6-7-12-13(10-11)18-9-8-17-12/h6-7,10,14-15,17-18,20H,2-5,8-9H2,1H3. The summed E-state index contributed by atoms with van der Waals surface area (Å²) in [6, 6.07) is 5.64. The van der Waals surface area contributed by atoms with Crippen LogP contribution in [0.15, 0.2) is 18.2 Å². The molecule has 1 saturated carbocycles. The molecule has 3 rings (SSSR count). The number of carbonyl (C=O) groups is 1. The maximum Gasteiger partial charge on any atom is 0.254 e. The molecule has 0 saturated heterocycles. The molecule has 0 radical (unpaired) electrons. The van der Waals surface area contributed by atoms with Crippen molar-refractivity contribution in [3.05, 3.63) is 23.8 Å². The molecule has 0 aromatic heterocycles. The fourth-order valence-electron chi connectivity index (χ4n) is 3.27. The second-order valence-electron chi connectivity index (χ2n) is 5.95. The SMILES string of the molecule is CN(C(=O)c1ccc2c(c1)NCCN2)C1CCCCC1O. The monoisotopic (exact) mass is 289 g/mol. The summed E-state index contributed by atoms with van der Waals surface area (Å²) in [6.45, 7) is 1.76. The lowest BCUT2D eigenvalue weighted by Gasteiger charge is -2.35. The molecule has 2 aliphatic rings. The zero-order valence-electron chi connectivity index (χ0n) is 12.4. The smallest absolute Gasteiger partial charge is 0.254 e. The molecule has 1 amide bonds. The zero-order chi connectivity index (χ0) is 14.8. The number of aliphatic hydroxyl groups is 1. The van der Waals surface area contributed by atoms with Crippen molar-refractivity contribution in [1.82, 2.24) is 4.90 Å². The van der Waals surface area contributed by atoms with Crippen LogP contribution in [0.4, 0.5) is 11.4 Å². The summed E-state index contributed by atoms with van der Waals surface area (Å²) in [5, 5.41) is 16.7. The van der Waals surface area contributed by atoms with Gasteiger partial charge in [-0.1, -0.05) is 12.8 Å². The van der Waals surface area contributed by atoms with Gasteiger partial charge in [0.15, 0.2) is 0 Å². The van der Waals surface area contributed by atoms with Gasteiger partial charge in [-0.15, -0.1) is 0 Å². The summed E-state index contributed by atoms with van der Waals surface area (Å²) >= 11 is 0. The third kappa shape index (κ3) is 2.83. The Kier molecular flexibility index (Phi) is 4.01. The van der Waals surface area contributed by atoms with Crippen molar-refractivity contribution in [3.63, 3.8) is 0 Å². The molecule has 1 aromatic rings. The second-order valence-corrected chi connectivity index (χ2v) is 5.95. The van der Waals surface area contributed by atoms with Gasteiger partial charge in [0.2, 0.25) is 0 Å². The Hall–Kier alpha value is -1.75. The molecule has 114 valence electrons. The number of amides is 1. The predicted octanol–water partition coefficient (Wildman–Crippen LogP) is 1.90. The Morgan fingerprint density at radius 2 is 1.90 bits per heavy atom. The lowest BCUT2D eigenvalue weighted by molar-refractivity contribution is 0.0268. The molecule has 2 atom stereocenters. The van der Waals surface area contributed by atoms with Gasteiger partial charge in [0.05, 0.1) is 23.5 Å². The number of nitrogens with zero attached hydrogens (tertiary/aromatic N) is 1. The van der Waals surface area contributed by atoms with E-state index in [0.29, 0.717) is 5.56 Å². The molecule has 0 spiro atoms. The highest BCUT2D eigenvalue weighted by Gasteiger charge is 2.30. The average Bonchev–Trinajstić information content (AvgIpc) is 2.53. The number of nitrogens with one attached hydrogen (secondary N) is 2. The summed E-state index contributed by atoms with van der Waals surface area (Å²) in [4.78, 5) is 14.4. The largest absolute Gasteiger partial charge is 0.391 e. The Labute approximate surface area is 125 Å². The Balaban J connectivity index is 1.77. The van der Waals surface area contributed by atoms with E-state index in [-0.39, 0.29) is 11.9 Å². The molecule has 5 nitrogen and oxygen atoms in total. The van der Waals surface area contributed by atoms with Crippen LogP contribution in [0.5, 0.6) is 0 Å². The number of likely N-dealkylation sites (N-methyl/N-ethyl adjacent to an activating group) is 1. The van der Waals surface area contributed by atoms with Gasteiger partial charge in [-0.3, -0.25) is 4.79 Å². The van der Waals surface area contributed by atoms with Crippen LogP contribution in [0, 0.1) is 0 Å². The van der Waals surface area contributed by atoms with E-state index < -0.39 is 6.10 Å². The summed E-state index contributed by atoms with van der Waals surface area (Å²) in [5.41, 5.74) is 2.69. The quantitative estimate of drug-likeness (QED) is 0.778. The average molecular weight is 289 g/mol. The molecular formula is C16H23N3O2. The number of benzene rings is 1. The van der Waals surface area contributed by atoms with Gasteiger partial charge in [0.25, 0.3) is 5.91 Å². The lowest BCUT2D eigenvalue weighted by atomic mass is 9.91. The van der Waals surface area contributed by atoms with Crippen LogP contribution in [0.2, 0.25) is 0 Å². The highest BCUT2D eigenvalue weighted by Crippen LogP contribution is 2.28. The van der Waals surface area contributed by atoms with Crippen LogP contribution in [0.25, 0.3) is 0 Å². The number of aliphatic hydroxyl groups excluding tert-OH is 1. The summed E-state index contributed by atoms with van der Waals surface area (Å²) in [5.74, 6) is -0.0175. The van der Waals surface area contributed by atoms with Crippen molar-refractivity contribution in [3.8, 4) is 0 Å². The number of anilines is 2. The first-order chi connectivity index (χ1) is 10.2. The number of rotatable bonds is 2. The van der Waals surface area contributed by atoms with Gasteiger partial charge in [-0.25, -0.2) is 0 Å². The van der Waals surface area contributed by atoms with Crippen LogP contribution in [-0.4, -0.2) is 48.2 Å². The van der Waals surface area contributed by atoms with E-state index in [9.17, 15) is 9.90 Å². The molecule has 1 aliphatic carbocycles. The third-order valence-corrected chi connectivity index (χ3v) is 4.53. The van der Waals surface area contributed by atoms with Crippen molar-refractivity contribution in [2.45, 2.75) is 37.8 Å². The molecule has 21 heavy (non-hydrogen) atoms. The highest BCUT2D eigenvalue weighted by atomic mass is 16.3. The molecule has 1 aliphatic heterocycles. The summed E-state index contributed by atoms with van der Waals surface area (Å²) in [7, 11) is 1.80. The maximum absolute atomic E-state index is 12.6. The number of carbonyl (C=O) groups excluding carboxylic acids is 1. The number of hydrogen-bond donors (Lipinski definition) is 3. The predicted molar refractivity (Wildman–Crippen MR) is 83.8 cm³/mol. The minimum absolute atomic E-state index is 0.0175. The summed E-state index contributed by atoms with van der Waals surface area (Å²) in [6.07, 6.45) is 3.40. The molecule has 1 heterocycles. The van der Waals surface area contributed by atoms with Gasteiger partial charge < -0.3 is 20.6 Å². The van der Waals surface area contributed by atoms with Gasteiger partial charge in [-0.05, 0) is 31.0 Å². The van der Waals surface area contributed by atoms with Crippen molar-refractivity contribution < 1.29 is 9.90 Å². The van der Waals surface area contributed by atoms with E-state index in [0.717, 1.165) is 50.1 Å². The fourth-order valence-corrected chi connectivity index (χ4v) is 3.27.